The van der Waals surface area contributed by atoms with E-state index in [2.05, 4.69) is 19.2 Å². The molecule has 2 aromatic rings. The summed E-state index contributed by atoms with van der Waals surface area (Å²) in [4.78, 5) is 50.8. The number of carbonyl (C=O) groups is 3. The smallest absolute Gasteiger partial charge is 0.336 e. The summed E-state index contributed by atoms with van der Waals surface area (Å²) in [5, 5.41) is 36.9. The normalized spacial score (nSPS) is 33.1. The number of phenols is 1. The molecule has 8 atom stereocenters. The first-order chi connectivity index (χ1) is 25.8. The van der Waals surface area contributed by atoms with Gasteiger partial charge in [-0.05, 0) is 140 Å². The molecule has 4 fully saturated rings. The van der Waals surface area contributed by atoms with Crippen LogP contribution >= 0.6 is 0 Å². The first kappa shape index (κ1) is 34.8. The minimum atomic E-state index is -1.17. The number of carboxylic acids is 1. The van der Waals surface area contributed by atoms with Crippen molar-refractivity contribution in [3.63, 3.8) is 0 Å². The summed E-state index contributed by atoms with van der Waals surface area (Å²) in [6.45, 7) is 4.99. The van der Waals surface area contributed by atoms with Gasteiger partial charge in [0.15, 0.2) is 5.43 Å². The number of carboxylic acid groups (broad SMARTS) is 1. The first-order valence-electron chi connectivity index (χ1n) is 19.3. The number of esters is 1. The number of cyclic esters (lactones) is 1. The van der Waals surface area contributed by atoms with Gasteiger partial charge < -0.3 is 29.8 Å². The lowest BCUT2D eigenvalue weighted by Crippen LogP contribution is -2.62. The number of ether oxygens (including phenoxy) is 1. The molecule has 0 bridgehead atoms. The molecule has 4 saturated carbocycles. The van der Waals surface area contributed by atoms with Gasteiger partial charge >= 0.3 is 11.9 Å². The van der Waals surface area contributed by atoms with Crippen molar-refractivity contribution in [2.45, 2.75) is 83.3 Å². The van der Waals surface area contributed by atoms with Gasteiger partial charge in [0.05, 0.1) is 11.2 Å². The topological polar surface area (TPSA) is 163 Å². The third-order valence-electron chi connectivity index (χ3n) is 14.8. The minimum absolute atomic E-state index is 0.00886. The van der Waals surface area contributed by atoms with Crippen molar-refractivity contribution >= 4 is 28.8 Å². The number of nitrogens with one attached hydrogen (secondary N) is 1. The van der Waals surface area contributed by atoms with Crippen molar-refractivity contribution in [3.05, 3.63) is 87.6 Å². The van der Waals surface area contributed by atoms with Gasteiger partial charge in [-0.15, -0.1) is 0 Å². The number of carbonyl (C=O) groups excluding carboxylic acids is 2. The van der Waals surface area contributed by atoms with Crippen LogP contribution in [-0.4, -0.2) is 51.4 Å². The second-order valence-electron chi connectivity index (χ2n) is 17.1. The van der Waals surface area contributed by atoms with Crippen LogP contribution in [0, 0.1) is 34.5 Å². The van der Waals surface area contributed by atoms with E-state index in [1.54, 1.807) is 24.3 Å². The van der Waals surface area contributed by atoms with Crippen molar-refractivity contribution in [2.24, 2.45) is 34.5 Å². The summed E-state index contributed by atoms with van der Waals surface area (Å²) >= 11 is 0. The molecule has 10 heteroatoms. The van der Waals surface area contributed by atoms with Crippen molar-refractivity contribution in [1.29, 1.82) is 0 Å². The third-order valence-corrected chi connectivity index (χ3v) is 14.8. The maximum atomic E-state index is 14.0. The van der Waals surface area contributed by atoms with Gasteiger partial charge in [0.2, 0.25) is 0 Å². The van der Waals surface area contributed by atoms with Crippen LogP contribution in [0.25, 0.3) is 33.4 Å². The van der Waals surface area contributed by atoms with Crippen LogP contribution in [0.15, 0.2) is 75.5 Å². The monoisotopic (exact) mass is 731 g/mol. The number of fused-ring (bicyclic) bond motifs is 7. The van der Waals surface area contributed by atoms with E-state index in [1.807, 2.05) is 0 Å². The summed E-state index contributed by atoms with van der Waals surface area (Å²) in [5.41, 5.74) is 1.62. The molecule has 54 heavy (non-hydrogen) atoms. The van der Waals surface area contributed by atoms with Gasteiger partial charge in [0, 0.05) is 51.7 Å². The maximum Gasteiger partial charge on any atom is 0.336 e. The van der Waals surface area contributed by atoms with Gasteiger partial charge in [-0.1, -0.05) is 13.8 Å². The Morgan fingerprint density at radius 3 is 2.48 bits per heavy atom. The molecule has 0 radical (unpaired) electrons. The zero-order valence-electron chi connectivity index (χ0n) is 30.5. The highest BCUT2D eigenvalue weighted by molar-refractivity contribution is 6.09. The molecule has 0 spiro atoms. The number of rotatable bonds is 5. The van der Waals surface area contributed by atoms with Crippen LogP contribution in [0.4, 0.5) is 0 Å². The lowest BCUT2D eigenvalue weighted by Gasteiger charge is -2.64. The van der Waals surface area contributed by atoms with Crippen molar-refractivity contribution in [1.82, 2.24) is 5.32 Å². The Labute approximate surface area is 312 Å². The standard InChI is InChI=1S/C44H45NO9/c1-42-14-11-26(19-25(42)4-10-35-34(42)12-15-43(2)33(13-16-44(35,43)52)24-18-38(48)53-22-24)45-40(49)23-3-7-29(41(50)51)32(17-23)39-30-8-5-27(46)20-36(30)54-37-21-28(47)6-9-31(37)39/h3,5-9,17-18,20-21,25-26,33-35,46,52H,4,10-16,19,22H2,1-2H3,(H,45,49)(H,50,51)/t25-,26-,33-,34+,35-,42+,43-,44+/m1/s1. The van der Waals surface area contributed by atoms with E-state index < -0.39 is 11.6 Å². The molecule has 9 rings (SSSR count). The zero-order valence-corrected chi connectivity index (χ0v) is 30.5. The summed E-state index contributed by atoms with van der Waals surface area (Å²) in [7, 11) is 0. The predicted molar refractivity (Wildman–Crippen MR) is 200 cm³/mol. The minimum Gasteiger partial charge on any atom is -0.508 e. The second-order valence-corrected chi connectivity index (χ2v) is 17.1. The lowest BCUT2D eigenvalue weighted by molar-refractivity contribution is -0.204. The van der Waals surface area contributed by atoms with Crippen LogP contribution in [-0.2, 0) is 9.53 Å². The number of amides is 1. The SMILES string of the molecule is C[C@]12CC[C@@H](NC(=O)c3ccc(C(=O)O)c(-c4c5ccc(=O)cc-5oc5cc(O)ccc45)c3)C[C@H]1CC[C@@H]1[C@@H]2CC[C@]2(C)[C@@H](C3=CC(=O)OC3)CC[C@]12O. The van der Waals surface area contributed by atoms with Crippen LogP contribution in [0.5, 0.6) is 5.75 Å². The second kappa shape index (κ2) is 12.3. The van der Waals surface area contributed by atoms with E-state index in [0.29, 0.717) is 46.1 Å². The van der Waals surface area contributed by atoms with Crippen LogP contribution in [0.2, 0.25) is 0 Å². The fourth-order valence-electron chi connectivity index (χ4n) is 12.0. The van der Waals surface area contributed by atoms with E-state index in [0.717, 1.165) is 63.4 Å². The van der Waals surface area contributed by atoms with Crippen LogP contribution in [0.1, 0.15) is 92.4 Å². The molecule has 1 amide bonds. The summed E-state index contributed by atoms with van der Waals surface area (Å²) < 4.78 is 11.3. The van der Waals surface area contributed by atoms with E-state index in [9.17, 15) is 34.5 Å². The summed E-state index contributed by atoms with van der Waals surface area (Å²) in [6, 6.07) is 13.4. The molecule has 5 aliphatic carbocycles. The molecule has 7 aliphatic rings. The Morgan fingerprint density at radius 1 is 0.870 bits per heavy atom. The molecular formula is C44H45NO9. The summed E-state index contributed by atoms with van der Waals surface area (Å²) in [5.74, 6) is -0.405. The molecule has 4 N–H and O–H groups in total. The van der Waals surface area contributed by atoms with Gasteiger partial charge in [0.1, 0.15) is 23.7 Å². The van der Waals surface area contributed by atoms with E-state index in [-0.39, 0.29) is 68.7 Å². The molecule has 2 aromatic carbocycles. The van der Waals surface area contributed by atoms with Gasteiger partial charge in [0.25, 0.3) is 5.91 Å². The number of aliphatic hydroxyl groups is 1. The van der Waals surface area contributed by atoms with Gasteiger partial charge in [-0.25, -0.2) is 9.59 Å². The Balaban J connectivity index is 0.968. The number of hydrogen-bond donors (Lipinski definition) is 4. The van der Waals surface area contributed by atoms with Crippen molar-refractivity contribution < 1.29 is 38.9 Å². The average Bonchev–Trinajstić information content (AvgIpc) is 3.69. The van der Waals surface area contributed by atoms with E-state index in [1.165, 1.54) is 36.4 Å². The van der Waals surface area contributed by atoms with Gasteiger partial charge in [-0.2, -0.15) is 0 Å². The molecule has 10 nitrogen and oxygen atoms in total. The highest BCUT2D eigenvalue weighted by Gasteiger charge is 2.67. The first-order valence-corrected chi connectivity index (χ1v) is 19.3. The highest BCUT2D eigenvalue weighted by atomic mass is 16.5. The molecular weight excluding hydrogens is 686 g/mol. The van der Waals surface area contributed by atoms with Gasteiger partial charge in [-0.3, -0.25) is 9.59 Å². The van der Waals surface area contributed by atoms with Crippen LogP contribution < -0.4 is 10.7 Å². The fourth-order valence-corrected chi connectivity index (χ4v) is 12.0. The van der Waals surface area contributed by atoms with Crippen molar-refractivity contribution in [2.75, 3.05) is 6.61 Å². The van der Waals surface area contributed by atoms with E-state index in [4.69, 9.17) is 9.15 Å². The Hall–Kier alpha value is -4.96. The Bertz CT molecular complexity index is 2310. The number of aromatic carboxylic acids is 1. The van der Waals surface area contributed by atoms with E-state index >= 15 is 0 Å². The molecule has 0 aromatic heterocycles. The maximum absolute atomic E-state index is 14.0. The number of benzene rings is 3. The third kappa shape index (κ3) is 5.16. The Kier molecular flexibility index (Phi) is 7.91. The molecule has 0 saturated heterocycles. The molecule has 0 unspecified atom stereocenters. The largest absolute Gasteiger partial charge is 0.508 e. The molecule has 2 heterocycles. The van der Waals surface area contributed by atoms with Crippen LogP contribution in [0.3, 0.4) is 0 Å². The number of hydrogen-bond acceptors (Lipinski definition) is 8. The predicted octanol–water partition coefficient (Wildman–Crippen LogP) is 7.32. The summed E-state index contributed by atoms with van der Waals surface area (Å²) in [6.07, 6.45) is 9.74. The lowest BCUT2D eigenvalue weighted by atomic mass is 9.43. The Morgan fingerprint density at radius 2 is 1.70 bits per heavy atom. The highest BCUT2D eigenvalue weighted by Crippen LogP contribution is 2.70. The number of aromatic hydroxyl groups is 1. The quantitative estimate of drug-likeness (QED) is 0.122. The average molecular weight is 732 g/mol. The molecule has 2 aliphatic heterocycles. The number of phenolic OH excluding ortho intramolecular Hbond substituents is 1. The zero-order chi connectivity index (χ0) is 37.7. The fraction of sp³-hybridized carbons (Fsp3) is 0.455. The van der Waals surface area contributed by atoms with Crippen molar-refractivity contribution in [3.8, 4) is 28.2 Å². The molecule has 280 valence electrons.